The van der Waals surface area contributed by atoms with Crippen molar-refractivity contribution in [1.29, 1.82) is 0 Å². The average molecular weight is 447 g/mol. The summed E-state index contributed by atoms with van der Waals surface area (Å²) < 4.78 is 3.66. The van der Waals surface area contributed by atoms with E-state index >= 15 is 0 Å². The van der Waals surface area contributed by atoms with Gasteiger partial charge in [-0.25, -0.2) is 0 Å². The fraction of sp³-hybridized carbons (Fsp3) is 0.125. The van der Waals surface area contributed by atoms with Crippen molar-refractivity contribution in [3.8, 4) is 0 Å². The molecule has 0 radical (unpaired) electrons. The van der Waals surface area contributed by atoms with Crippen LogP contribution in [0.4, 0.5) is 0 Å². The number of aromatic nitrogens is 4. The van der Waals surface area contributed by atoms with Crippen molar-refractivity contribution in [2.75, 3.05) is 0 Å². The highest BCUT2D eigenvalue weighted by Crippen LogP contribution is 2.37. The summed E-state index contributed by atoms with van der Waals surface area (Å²) in [7, 11) is 0. The third-order valence-corrected chi connectivity index (χ3v) is 6.71. The summed E-state index contributed by atoms with van der Waals surface area (Å²) in [5, 5.41) is 11.0. The molecule has 0 amide bonds. The molecule has 5 nitrogen and oxygen atoms in total. The predicted octanol–water partition coefficient (Wildman–Crippen LogP) is 5.60. The van der Waals surface area contributed by atoms with Crippen molar-refractivity contribution in [3.63, 3.8) is 0 Å². The zero-order valence-corrected chi connectivity index (χ0v) is 18.3. The molecule has 5 aromatic rings. The average Bonchev–Trinajstić information content (AvgIpc) is 3.21. The van der Waals surface area contributed by atoms with Crippen LogP contribution in [0.1, 0.15) is 23.3 Å². The van der Waals surface area contributed by atoms with Gasteiger partial charge in [-0.15, -0.1) is 10.2 Å². The van der Waals surface area contributed by atoms with Gasteiger partial charge < -0.3 is 0 Å². The van der Waals surface area contributed by atoms with Crippen LogP contribution in [0.15, 0.2) is 88.8 Å². The van der Waals surface area contributed by atoms with Gasteiger partial charge in [0.05, 0.1) is 17.4 Å². The van der Waals surface area contributed by atoms with Crippen LogP contribution < -0.4 is 5.56 Å². The van der Waals surface area contributed by atoms with Gasteiger partial charge in [0, 0.05) is 10.3 Å². The third-order valence-electron chi connectivity index (χ3n) is 5.29. The summed E-state index contributed by atoms with van der Waals surface area (Å²) in [6.07, 6.45) is 0. The normalized spacial score (nSPS) is 12.5. The topological polar surface area (TPSA) is 52.2 Å². The lowest BCUT2D eigenvalue weighted by Crippen LogP contribution is -2.24. The molecule has 7 heteroatoms. The number of rotatable bonds is 5. The molecule has 0 spiro atoms. The third kappa shape index (κ3) is 3.62. The highest BCUT2D eigenvalue weighted by molar-refractivity contribution is 7.99. The molecule has 1 atom stereocenters. The molecular formula is C24H19ClN4OS. The Morgan fingerprint density at radius 1 is 0.935 bits per heavy atom. The van der Waals surface area contributed by atoms with Crippen LogP contribution in [-0.2, 0) is 6.54 Å². The zero-order valence-electron chi connectivity index (χ0n) is 16.8. The first kappa shape index (κ1) is 19.8. The van der Waals surface area contributed by atoms with Gasteiger partial charge in [0.15, 0.2) is 5.16 Å². The number of hydrogen-bond donors (Lipinski definition) is 0. The number of nitrogens with zero attached hydrogens (tertiary/aromatic N) is 4. The van der Waals surface area contributed by atoms with Crippen molar-refractivity contribution >= 4 is 40.0 Å². The molecule has 0 aliphatic rings. The summed E-state index contributed by atoms with van der Waals surface area (Å²) in [5.74, 6) is 0.529. The number of hydrogen-bond acceptors (Lipinski definition) is 4. The Balaban J connectivity index is 1.68. The first-order chi connectivity index (χ1) is 15.1. The lowest BCUT2D eigenvalue weighted by atomic mass is 10.2. The van der Waals surface area contributed by atoms with Gasteiger partial charge in [-0.1, -0.05) is 84.0 Å². The molecular weight excluding hydrogens is 428 g/mol. The highest BCUT2D eigenvalue weighted by atomic mass is 35.5. The molecule has 31 heavy (non-hydrogen) atoms. The number of para-hydroxylation sites is 1. The zero-order chi connectivity index (χ0) is 21.4. The molecule has 0 bridgehead atoms. The maximum absolute atomic E-state index is 13.3. The van der Waals surface area contributed by atoms with E-state index in [-0.39, 0.29) is 10.8 Å². The second-order valence-electron chi connectivity index (χ2n) is 7.29. The lowest BCUT2D eigenvalue weighted by Gasteiger charge is -2.14. The Morgan fingerprint density at radius 2 is 1.65 bits per heavy atom. The Hall–Kier alpha value is -3.09. The standard InChI is InChI=1S/C24H19ClN4OS/c1-16(18-11-5-7-13-20(18)25)31-24-27-26-23-28(15-17-9-3-2-4-10-17)22(30)19-12-6-8-14-21(19)29(23)24/h2-14,16H,15H2,1H3. The van der Waals surface area contributed by atoms with E-state index in [9.17, 15) is 4.79 Å². The van der Waals surface area contributed by atoms with E-state index in [4.69, 9.17) is 11.6 Å². The maximum Gasteiger partial charge on any atom is 0.263 e. The minimum absolute atomic E-state index is 0.0642. The van der Waals surface area contributed by atoms with Gasteiger partial charge in [0.25, 0.3) is 5.56 Å². The van der Waals surface area contributed by atoms with E-state index in [2.05, 4.69) is 17.1 Å². The monoisotopic (exact) mass is 446 g/mol. The van der Waals surface area contributed by atoms with Gasteiger partial charge in [-0.2, -0.15) is 0 Å². The maximum atomic E-state index is 13.3. The number of halogens is 1. The SMILES string of the molecule is CC(Sc1nnc2n(Cc3ccccc3)c(=O)c3ccccc3n12)c1ccccc1Cl. The summed E-state index contributed by atoms with van der Waals surface area (Å²) >= 11 is 7.98. The van der Waals surface area contributed by atoms with Crippen LogP contribution in [0.2, 0.25) is 5.02 Å². The first-order valence-corrected chi connectivity index (χ1v) is 11.2. The summed E-state index contributed by atoms with van der Waals surface area (Å²) in [6, 6.07) is 25.3. The van der Waals surface area contributed by atoms with E-state index in [1.165, 1.54) is 0 Å². The minimum Gasteiger partial charge on any atom is -0.272 e. The van der Waals surface area contributed by atoms with Crippen molar-refractivity contribution in [2.24, 2.45) is 0 Å². The first-order valence-electron chi connectivity index (χ1n) is 9.95. The Labute approximate surface area is 188 Å². The molecule has 3 aromatic carbocycles. The largest absolute Gasteiger partial charge is 0.272 e. The highest BCUT2D eigenvalue weighted by Gasteiger charge is 2.20. The molecule has 2 aromatic heterocycles. The lowest BCUT2D eigenvalue weighted by molar-refractivity contribution is 0.764. The van der Waals surface area contributed by atoms with Crippen LogP contribution in [0, 0.1) is 0 Å². The summed E-state index contributed by atoms with van der Waals surface area (Å²) in [6.45, 7) is 2.52. The minimum atomic E-state index is -0.0740. The van der Waals surface area contributed by atoms with E-state index in [0.29, 0.717) is 17.7 Å². The Morgan fingerprint density at radius 3 is 2.45 bits per heavy atom. The quantitative estimate of drug-likeness (QED) is 0.330. The number of thioether (sulfide) groups is 1. The van der Waals surface area contributed by atoms with Gasteiger partial charge in [-0.3, -0.25) is 13.8 Å². The predicted molar refractivity (Wildman–Crippen MR) is 126 cm³/mol. The van der Waals surface area contributed by atoms with Gasteiger partial charge in [0.1, 0.15) is 0 Å². The van der Waals surface area contributed by atoms with Crippen molar-refractivity contribution in [1.82, 2.24) is 19.2 Å². The molecule has 0 aliphatic heterocycles. The van der Waals surface area contributed by atoms with Crippen molar-refractivity contribution in [3.05, 3.63) is 105 Å². The molecule has 5 rings (SSSR count). The van der Waals surface area contributed by atoms with Gasteiger partial charge in [0.2, 0.25) is 5.78 Å². The van der Waals surface area contributed by atoms with E-state index in [0.717, 1.165) is 26.8 Å². The molecule has 0 saturated heterocycles. The number of fused-ring (bicyclic) bond motifs is 3. The van der Waals surface area contributed by atoms with Crippen LogP contribution in [0.3, 0.4) is 0 Å². The molecule has 1 unspecified atom stereocenters. The fourth-order valence-corrected chi connectivity index (χ4v) is 5.13. The van der Waals surface area contributed by atoms with Gasteiger partial charge in [-0.05, 0) is 36.2 Å². The Kier molecular flexibility index (Phi) is 5.26. The molecule has 0 aliphatic carbocycles. The van der Waals surface area contributed by atoms with Crippen LogP contribution in [0.5, 0.6) is 0 Å². The molecule has 2 heterocycles. The van der Waals surface area contributed by atoms with E-state index in [1.54, 1.807) is 16.3 Å². The molecule has 0 fully saturated rings. The van der Waals surface area contributed by atoms with Crippen LogP contribution in [0.25, 0.3) is 16.7 Å². The summed E-state index contributed by atoms with van der Waals surface area (Å²) in [4.78, 5) is 13.3. The molecule has 154 valence electrons. The van der Waals surface area contributed by atoms with Crippen molar-refractivity contribution < 1.29 is 0 Å². The molecule has 0 N–H and O–H groups in total. The van der Waals surface area contributed by atoms with E-state index < -0.39 is 0 Å². The van der Waals surface area contributed by atoms with Crippen LogP contribution in [-0.4, -0.2) is 19.2 Å². The summed E-state index contributed by atoms with van der Waals surface area (Å²) in [5.41, 5.74) is 2.79. The van der Waals surface area contributed by atoms with E-state index in [1.807, 2.05) is 83.3 Å². The second-order valence-corrected chi connectivity index (χ2v) is 9.01. The number of benzene rings is 3. The second kappa shape index (κ2) is 8.21. The van der Waals surface area contributed by atoms with Crippen molar-refractivity contribution in [2.45, 2.75) is 23.9 Å². The van der Waals surface area contributed by atoms with Crippen LogP contribution >= 0.6 is 23.4 Å². The molecule has 0 saturated carbocycles. The fourth-order valence-electron chi connectivity index (χ4n) is 3.74. The Bertz CT molecular complexity index is 1450. The van der Waals surface area contributed by atoms with Gasteiger partial charge >= 0.3 is 0 Å². The smallest absolute Gasteiger partial charge is 0.263 e.